The van der Waals surface area contributed by atoms with Gasteiger partial charge in [-0.1, -0.05) is 0 Å². The number of ether oxygens (including phenoxy) is 2. The van der Waals surface area contributed by atoms with E-state index >= 15 is 0 Å². The molecule has 2 atom stereocenters. The number of carboxylic acid groups (broad SMARTS) is 1. The Kier molecular flexibility index (Phi) is 4.76. The minimum atomic E-state index is -0.648. The van der Waals surface area contributed by atoms with E-state index < -0.39 is 5.97 Å². The average Bonchev–Trinajstić information content (AvgIpc) is 2.82. The summed E-state index contributed by atoms with van der Waals surface area (Å²) in [6.45, 7) is 3.02. The molecule has 0 aliphatic carbocycles. The van der Waals surface area contributed by atoms with Crippen LogP contribution in [0.2, 0.25) is 0 Å². The second kappa shape index (κ2) is 6.33. The van der Waals surface area contributed by atoms with Gasteiger partial charge in [0.2, 0.25) is 0 Å². The van der Waals surface area contributed by atoms with Gasteiger partial charge in [-0.05, 0) is 44.7 Å². The topological polar surface area (TPSA) is 67.8 Å². The zero-order valence-electron chi connectivity index (χ0n) is 10.1. The van der Waals surface area contributed by atoms with Gasteiger partial charge in [0.25, 0.3) is 0 Å². The molecule has 98 valence electrons. The first-order chi connectivity index (χ1) is 8.27. The van der Waals surface area contributed by atoms with Crippen molar-refractivity contribution in [1.82, 2.24) is 5.32 Å². The van der Waals surface area contributed by atoms with Crippen molar-refractivity contribution < 1.29 is 19.4 Å². The Morgan fingerprint density at radius 3 is 2.76 bits per heavy atom. The van der Waals surface area contributed by atoms with Gasteiger partial charge in [-0.3, -0.25) is 4.79 Å². The highest BCUT2D eigenvalue weighted by atomic mass is 16.7. The number of hydrogen-bond donors (Lipinski definition) is 2. The molecule has 5 nitrogen and oxygen atoms in total. The van der Waals surface area contributed by atoms with E-state index in [1.54, 1.807) is 0 Å². The van der Waals surface area contributed by atoms with Crippen LogP contribution in [0.15, 0.2) is 0 Å². The first-order valence-corrected chi connectivity index (χ1v) is 6.44. The fraction of sp³-hybridized carbons (Fsp3) is 0.917. The van der Waals surface area contributed by atoms with Crippen molar-refractivity contribution in [3.63, 3.8) is 0 Å². The molecule has 0 saturated carbocycles. The van der Waals surface area contributed by atoms with Crippen LogP contribution >= 0.6 is 0 Å². The van der Waals surface area contributed by atoms with Crippen LogP contribution in [0.1, 0.15) is 25.7 Å². The number of carbonyl (C=O) groups is 1. The molecule has 0 aromatic rings. The lowest BCUT2D eigenvalue weighted by Crippen LogP contribution is -2.40. The third kappa shape index (κ3) is 3.66. The Morgan fingerprint density at radius 1 is 1.29 bits per heavy atom. The summed E-state index contributed by atoms with van der Waals surface area (Å²) in [4.78, 5) is 11.1. The lowest BCUT2D eigenvalue weighted by molar-refractivity contribution is -0.144. The average molecular weight is 243 g/mol. The quantitative estimate of drug-likeness (QED) is 0.749. The van der Waals surface area contributed by atoms with E-state index in [1.165, 1.54) is 0 Å². The summed E-state index contributed by atoms with van der Waals surface area (Å²) in [6.07, 6.45) is 3.47. The first-order valence-electron chi connectivity index (χ1n) is 6.44. The monoisotopic (exact) mass is 243 g/mol. The Balaban J connectivity index is 1.70. The number of nitrogens with one attached hydrogen (secondary N) is 1. The molecule has 0 aromatic heterocycles. The number of carboxylic acids is 1. The van der Waals surface area contributed by atoms with Crippen molar-refractivity contribution in [2.75, 3.05) is 26.3 Å². The lowest BCUT2D eigenvalue weighted by atomic mass is 9.83. The van der Waals surface area contributed by atoms with Crippen LogP contribution in [-0.4, -0.2) is 43.7 Å². The summed E-state index contributed by atoms with van der Waals surface area (Å²) in [5.41, 5.74) is 0. The van der Waals surface area contributed by atoms with Gasteiger partial charge in [0.1, 0.15) is 0 Å². The fourth-order valence-corrected chi connectivity index (χ4v) is 2.67. The van der Waals surface area contributed by atoms with E-state index in [-0.39, 0.29) is 18.1 Å². The molecule has 0 bridgehead atoms. The Bertz CT molecular complexity index is 253. The molecule has 2 fully saturated rings. The molecule has 0 radical (unpaired) electrons. The summed E-state index contributed by atoms with van der Waals surface area (Å²) >= 11 is 0. The minimum absolute atomic E-state index is 0.0603. The van der Waals surface area contributed by atoms with Crippen LogP contribution in [0.5, 0.6) is 0 Å². The third-order valence-electron chi connectivity index (χ3n) is 3.63. The Hall–Kier alpha value is -0.650. The minimum Gasteiger partial charge on any atom is -0.481 e. The molecule has 0 aromatic carbocycles. The standard InChI is InChI=1S/C12H21NO4/c14-12(15)10-4-5-13-8-9(10)2-1-3-11-16-6-7-17-11/h9-11,13H,1-8H2,(H,14,15). The van der Waals surface area contributed by atoms with Crippen molar-refractivity contribution >= 4 is 5.97 Å². The zero-order chi connectivity index (χ0) is 12.1. The molecule has 2 aliphatic rings. The molecule has 2 N–H and O–H groups in total. The van der Waals surface area contributed by atoms with Crippen molar-refractivity contribution in [2.24, 2.45) is 11.8 Å². The number of aliphatic carboxylic acids is 1. The predicted molar refractivity (Wildman–Crippen MR) is 61.6 cm³/mol. The van der Waals surface area contributed by atoms with Gasteiger partial charge in [0.05, 0.1) is 19.1 Å². The summed E-state index contributed by atoms with van der Waals surface area (Å²) < 4.78 is 10.7. The van der Waals surface area contributed by atoms with Crippen LogP contribution < -0.4 is 5.32 Å². The van der Waals surface area contributed by atoms with Crippen LogP contribution in [-0.2, 0) is 14.3 Å². The van der Waals surface area contributed by atoms with Crippen molar-refractivity contribution in [3.8, 4) is 0 Å². The maximum Gasteiger partial charge on any atom is 0.306 e. The van der Waals surface area contributed by atoms with Crippen LogP contribution in [0, 0.1) is 11.8 Å². The predicted octanol–water partition coefficient (Wildman–Crippen LogP) is 0.840. The molecule has 2 unspecified atom stereocenters. The third-order valence-corrected chi connectivity index (χ3v) is 3.63. The van der Waals surface area contributed by atoms with Gasteiger partial charge >= 0.3 is 5.97 Å². The van der Waals surface area contributed by atoms with Crippen molar-refractivity contribution in [2.45, 2.75) is 32.0 Å². The van der Waals surface area contributed by atoms with Gasteiger partial charge < -0.3 is 19.9 Å². The molecule has 0 amide bonds. The summed E-state index contributed by atoms with van der Waals surface area (Å²) in [6, 6.07) is 0. The SMILES string of the molecule is O=C(O)C1CCNCC1CCCC1OCCO1. The van der Waals surface area contributed by atoms with E-state index in [4.69, 9.17) is 14.6 Å². The van der Waals surface area contributed by atoms with Gasteiger partial charge in [-0.25, -0.2) is 0 Å². The van der Waals surface area contributed by atoms with Crippen molar-refractivity contribution in [1.29, 1.82) is 0 Å². The molecule has 2 saturated heterocycles. The number of hydrogen-bond acceptors (Lipinski definition) is 4. The highest BCUT2D eigenvalue weighted by Crippen LogP contribution is 2.25. The highest BCUT2D eigenvalue weighted by Gasteiger charge is 2.30. The second-order valence-corrected chi connectivity index (χ2v) is 4.80. The molecule has 5 heteroatoms. The lowest BCUT2D eigenvalue weighted by Gasteiger charge is -2.29. The normalized spacial score (nSPS) is 30.6. The number of piperidine rings is 1. The van der Waals surface area contributed by atoms with Crippen LogP contribution in [0.4, 0.5) is 0 Å². The molecular weight excluding hydrogens is 222 g/mol. The summed E-state index contributed by atoms with van der Waals surface area (Å²) in [7, 11) is 0. The van der Waals surface area contributed by atoms with E-state index in [0.717, 1.165) is 38.8 Å². The first kappa shape index (κ1) is 12.8. The molecule has 2 heterocycles. The Labute approximate surface area is 101 Å². The summed E-state index contributed by atoms with van der Waals surface area (Å²) in [5.74, 6) is -0.575. The van der Waals surface area contributed by atoms with Gasteiger partial charge in [-0.15, -0.1) is 0 Å². The van der Waals surface area contributed by atoms with E-state index in [9.17, 15) is 4.79 Å². The van der Waals surface area contributed by atoms with E-state index in [0.29, 0.717) is 13.2 Å². The molecule has 17 heavy (non-hydrogen) atoms. The molecular formula is C12H21NO4. The van der Waals surface area contributed by atoms with Gasteiger partial charge in [0, 0.05) is 0 Å². The zero-order valence-corrected chi connectivity index (χ0v) is 10.1. The molecule has 0 spiro atoms. The largest absolute Gasteiger partial charge is 0.481 e. The molecule has 2 rings (SSSR count). The van der Waals surface area contributed by atoms with E-state index in [1.807, 2.05) is 0 Å². The highest BCUT2D eigenvalue weighted by molar-refractivity contribution is 5.70. The maximum absolute atomic E-state index is 11.1. The van der Waals surface area contributed by atoms with Crippen LogP contribution in [0.25, 0.3) is 0 Å². The number of rotatable bonds is 5. The Morgan fingerprint density at radius 2 is 2.06 bits per heavy atom. The second-order valence-electron chi connectivity index (χ2n) is 4.80. The van der Waals surface area contributed by atoms with E-state index in [2.05, 4.69) is 5.32 Å². The van der Waals surface area contributed by atoms with Crippen molar-refractivity contribution in [3.05, 3.63) is 0 Å². The summed E-state index contributed by atoms with van der Waals surface area (Å²) in [5, 5.41) is 12.4. The smallest absolute Gasteiger partial charge is 0.306 e. The van der Waals surface area contributed by atoms with Gasteiger partial charge in [0.15, 0.2) is 6.29 Å². The van der Waals surface area contributed by atoms with Gasteiger partial charge in [-0.2, -0.15) is 0 Å². The molecule has 2 aliphatic heterocycles. The maximum atomic E-state index is 11.1. The fourth-order valence-electron chi connectivity index (χ4n) is 2.67. The van der Waals surface area contributed by atoms with Crippen LogP contribution in [0.3, 0.4) is 0 Å².